The number of aromatic nitrogens is 1. The Bertz CT molecular complexity index is 1210. The van der Waals surface area contributed by atoms with Crippen molar-refractivity contribution in [1.82, 2.24) is 20.9 Å². The number of carbonyl (C=O) groups excluding carboxylic acids is 4. The Morgan fingerprint density at radius 3 is 1.95 bits per heavy atom. The summed E-state index contributed by atoms with van der Waals surface area (Å²) in [6.07, 6.45) is 1.03. The van der Waals surface area contributed by atoms with Crippen molar-refractivity contribution in [3.63, 3.8) is 0 Å². The van der Waals surface area contributed by atoms with Crippen molar-refractivity contribution < 1.29 is 55.4 Å². The van der Waals surface area contributed by atoms with E-state index in [0.717, 1.165) is 6.20 Å². The first-order valence-corrected chi connectivity index (χ1v) is 12.2. The summed E-state index contributed by atoms with van der Waals surface area (Å²) in [4.78, 5) is 55.3. The van der Waals surface area contributed by atoms with Crippen LogP contribution in [0.2, 0.25) is 0 Å². The lowest BCUT2D eigenvalue weighted by Gasteiger charge is -2.25. The number of carbonyl (C=O) groups is 4. The van der Waals surface area contributed by atoms with E-state index in [1.165, 1.54) is 13.8 Å². The number of epoxide rings is 1. The van der Waals surface area contributed by atoms with Gasteiger partial charge in [-0.3, -0.25) is 19.2 Å². The molecule has 1 aliphatic rings. The van der Waals surface area contributed by atoms with Crippen LogP contribution in [0.4, 0.5) is 17.6 Å². The molecule has 1 aromatic heterocycles. The molecule has 2 aromatic rings. The molecule has 3 rings (SSSR count). The molecule has 4 atom stereocenters. The molecule has 1 saturated heterocycles. The molecule has 0 unspecified atom stereocenters. The first kappa shape index (κ1) is 31.6. The largest absolute Gasteiger partial charge is 0.436 e. The van der Waals surface area contributed by atoms with Gasteiger partial charge in [0.05, 0.1) is 32.1 Å². The van der Waals surface area contributed by atoms with Crippen molar-refractivity contribution in [2.75, 3.05) is 19.8 Å². The maximum Gasteiger partial charge on any atom is 0.345 e. The molecule has 0 spiro atoms. The van der Waals surface area contributed by atoms with Crippen molar-refractivity contribution in [3.8, 4) is 0 Å². The number of hydrogen-bond donors (Lipinski definition) is 3. The average Bonchev–Trinajstić information content (AvgIpc) is 3.53. The Kier molecular flexibility index (Phi) is 10.9. The molecule has 0 aliphatic carbocycles. The normalized spacial score (nSPS) is 18.4. The van der Waals surface area contributed by atoms with Crippen LogP contribution in [0.25, 0.3) is 0 Å². The van der Waals surface area contributed by atoms with Crippen LogP contribution in [0, 0.1) is 6.92 Å². The Morgan fingerprint density at radius 1 is 0.927 bits per heavy atom. The van der Waals surface area contributed by atoms with Crippen molar-refractivity contribution in [3.05, 3.63) is 53.7 Å². The van der Waals surface area contributed by atoms with Crippen molar-refractivity contribution >= 4 is 23.5 Å². The predicted octanol–water partition coefficient (Wildman–Crippen LogP) is 1.13. The molecule has 16 heteroatoms. The highest BCUT2D eigenvalue weighted by Crippen LogP contribution is 2.29. The summed E-state index contributed by atoms with van der Waals surface area (Å²) < 4.78 is 69.7. The summed E-state index contributed by atoms with van der Waals surface area (Å²) in [6.45, 7) is -5.73. The number of rotatable bonds is 16. The Balaban J connectivity index is 1.77. The van der Waals surface area contributed by atoms with E-state index >= 15 is 0 Å². The van der Waals surface area contributed by atoms with E-state index in [-0.39, 0.29) is 24.7 Å². The Hall–Kier alpha value is -3.89. The lowest BCUT2D eigenvalue weighted by atomic mass is 9.94. The third-order valence-electron chi connectivity index (χ3n) is 5.89. The fraction of sp³-hybridized carbons (Fsp3) is 0.480. The summed E-state index contributed by atoms with van der Waals surface area (Å²) in [5.41, 5.74) is -0.499. The van der Waals surface area contributed by atoms with E-state index in [2.05, 4.69) is 30.4 Å². The summed E-state index contributed by atoms with van der Waals surface area (Å²) in [7, 11) is 0. The van der Waals surface area contributed by atoms with Gasteiger partial charge in [-0.25, -0.2) is 4.98 Å². The van der Waals surface area contributed by atoms with Crippen LogP contribution >= 0.6 is 0 Å². The zero-order valence-electron chi connectivity index (χ0n) is 21.9. The number of hydrogen-bond acceptors (Lipinski definition) is 9. The van der Waals surface area contributed by atoms with Gasteiger partial charge in [0.2, 0.25) is 17.6 Å². The van der Waals surface area contributed by atoms with E-state index in [0.29, 0.717) is 5.56 Å². The van der Waals surface area contributed by atoms with Crippen LogP contribution in [-0.4, -0.2) is 85.3 Å². The molecule has 12 nitrogen and oxygen atoms in total. The topological polar surface area (TPSA) is 161 Å². The lowest BCUT2D eigenvalue weighted by Crippen LogP contribution is -2.59. The van der Waals surface area contributed by atoms with Crippen LogP contribution < -0.4 is 16.0 Å². The van der Waals surface area contributed by atoms with Gasteiger partial charge in [-0.15, -0.1) is 0 Å². The second kappa shape index (κ2) is 14.1. The van der Waals surface area contributed by atoms with Crippen molar-refractivity contribution in [1.29, 1.82) is 0 Å². The van der Waals surface area contributed by atoms with Crippen molar-refractivity contribution in [2.24, 2.45) is 0 Å². The molecule has 1 aliphatic heterocycles. The van der Waals surface area contributed by atoms with Gasteiger partial charge in [0.15, 0.2) is 11.7 Å². The van der Waals surface area contributed by atoms with E-state index in [1.807, 2.05) is 0 Å². The number of ether oxygens (including phenoxy) is 3. The zero-order chi connectivity index (χ0) is 30.2. The van der Waals surface area contributed by atoms with Crippen LogP contribution in [0.15, 0.2) is 40.9 Å². The number of oxazole rings is 1. The quantitative estimate of drug-likeness (QED) is 0.193. The van der Waals surface area contributed by atoms with Crippen molar-refractivity contribution in [2.45, 2.75) is 57.2 Å². The van der Waals surface area contributed by atoms with Gasteiger partial charge >= 0.3 is 13.2 Å². The molecule has 3 N–H and O–H groups in total. The number of halogens is 4. The van der Waals surface area contributed by atoms with E-state index in [9.17, 15) is 36.7 Å². The third kappa shape index (κ3) is 9.61. The van der Waals surface area contributed by atoms with Gasteiger partial charge in [0.1, 0.15) is 17.7 Å². The number of nitrogens with one attached hydrogen (secondary N) is 3. The SMILES string of the molecule is Cc1ncc(C(=O)N[C@@H](COC(F)F)C(=O)N[C@@H](COC(F)F)C(=O)N[C@@H](Cc2ccccc2)C(=O)[C@@]2(C)CO2)o1. The van der Waals surface area contributed by atoms with Crippen LogP contribution in [0.1, 0.15) is 28.9 Å². The van der Waals surface area contributed by atoms with Gasteiger partial charge in [0, 0.05) is 6.92 Å². The predicted molar refractivity (Wildman–Crippen MR) is 130 cm³/mol. The minimum Gasteiger partial charge on any atom is -0.436 e. The zero-order valence-corrected chi connectivity index (χ0v) is 21.9. The molecular formula is C25H28F4N4O8. The average molecular weight is 589 g/mol. The molecule has 0 radical (unpaired) electrons. The first-order valence-electron chi connectivity index (χ1n) is 12.2. The second-order valence-electron chi connectivity index (χ2n) is 9.15. The number of alkyl halides is 4. The smallest absolute Gasteiger partial charge is 0.345 e. The highest BCUT2D eigenvalue weighted by Gasteiger charge is 2.50. The number of amides is 3. The molecule has 224 valence electrons. The van der Waals surface area contributed by atoms with Crippen LogP contribution in [0.3, 0.4) is 0 Å². The molecule has 3 amide bonds. The second-order valence-corrected chi connectivity index (χ2v) is 9.15. The Morgan fingerprint density at radius 2 is 1.46 bits per heavy atom. The van der Waals surface area contributed by atoms with Gasteiger partial charge in [-0.1, -0.05) is 30.3 Å². The maximum absolute atomic E-state index is 13.2. The number of nitrogens with zero attached hydrogens (tertiary/aromatic N) is 1. The van der Waals surface area contributed by atoms with Crippen LogP contribution in [-0.2, 0) is 35.0 Å². The van der Waals surface area contributed by atoms with Gasteiger partial charge < -0.3 is 34.6 Å². The molecule has 0 bridgehead atoms. The molecule has 0 saturated carbocycles. The van der Waals surface area contributed by atoms with E-state index in [1.54, 1.807) is 30.3 Å². The summed E-state index contributed by atoms with van der Waals surface area (Å²) in [6, 6.07) is 3.72. The third-order valence-corrected chi connectivity index (χ3v) is 5.89. The molecule has 1 aromatic carbocycles. The maximum atomic E-state index is 13.2. The fourth-order valence-electron chi connectivity index (χ4n) is 3.62. The van der Waals surface area contributed by atoms with Crippen LogP contribution in [0.5, 0.6) is 0 Å². The van der Waals surface area contributed by atoms with E-state index < -0.39 is 73.7 Å². The monoisotopic (exact) mass is 588 g/mol. The van der Waals surface area contributed by atoms with Gasteiger partial charge in [0.25, 0.3) is 5.91 Å². The number of ketones is 1. The highest BCUT2D eigenvalue weighted by atomic mass is 19.3. The highest BCUT2D eigenvalue weighted by molar-refractivity contribution is 5.99. The summed E-state index contributed by atoms with van der Waals surface area (Å²) in [5, 5.41) is 6.61. The first-order chi connectivity index (χ1) is 19.4. The standard InChI is InChI=1S/C25H28F4N4O8/c1-13-30-9-18(41-13)22(37)33-17(11-39-24(28)29)21(36)32-16(10-38-23(26)27)20(35)31-15(19(34)25(2)12-40-25)8-14-6-4-3-5-7-14/h3-7,9,15-17,23-24H,8,10-12H2,1-2H3,(H,31,35)(H,32,36)(H,33,37)/t15-,16-,17-,25+/m0/s1. The minimum absolute atomic E-state index is 0.0121. The van der Waals surface area contributed by atoms with E-state index in [4.69, 9.17) is 9.15 Å². The molecular weight excluding hydrogens is 560 g/mol. The lowest BCUT2D eigenvalue weighted by molar-refractivity contribution is -0.152. The fourth-order valence-corrected chi connectivity index (χ4v) is 3.62. The summed E-state index contributed by atoms with van der Waals surface area (Å²) in [5.74, 6) is -4.12. The number of aryl methyl sites for hydroxylation is 1. The number of Topliss-reactive ketones (excluding diaryl/α,β-unsaturated/α-hetero) is 1. The molecule has 1 fully saturated rings. The van der Waals surface area contributed by atoms with Gasteiger partial charge in [-0.2, -0.15) is 17.6 Å². The van der Waals surface area contributed by atoms with Gasteiger partial charge in [-0.05, 0) is 18.9 Å². The molecule has 41 heavy (non-hydrogen) atoms. The summed E-state index contributed by atoms with van der Waals surface area (Å²) >= 11 is 0. The molecule has 2 heterocycles. The Labute approximate surface area is 231 Å². The number of benzene rings is 1. The minimum atomic E-state index is -3.34.